The Bertz CT molecular complexity index is 811. The molecule has 0 unspecified atom stereocenters. The maximum absolute atomic E-state index is 6.09. The van der Waals surface area contributed by atoms with Gasteiger partial charge in [-0.3, -0.25) is 0 Å². The molecule has 168 valence electrons. The van der Waals surface area contributed by atoms with Crippen molar-refractivity contribution in [1.29, 1.82) is 0 Å². The maximum atomic E-state index is 6.09. The maximum Gasteiger partial charge on any atom is 0.145 e. The Labute approximate surface area is 187 Å². The van der Waals surface area contributed by atoms with Gasteiger partial charge in [0.1, 0.15) is 18.7 Å². The van der Waals surface area contributed by atoms with Gasteiger partial charge in [-0.25, -0.2) is 9.97 Å². The summed E-state index contributed by atoms with van der Waals surface area (Å²) in [7, 11) is -1.08. The van der Waals surface area contributed by atoms with Crippen LogP contribution in [-0.4, -0.2) is 55.5 Å². The Balaban J connectivity index is 0.00000256. The first-order chi connectivity index (χ1) is 14.0. The molecule has 0 atom stereocenters. The molecule has 0 saturated carbocycles. The van der Waals surface area contributed by atoms with E-state index in [-0.39, 0.29) is 12.4 Å². The van der Waals surface area contributed by atoms with Crippen LogP contribution in [0, 0.1) is 0 Å². The number of fused-ring (bicyclic) bond motifs is 1. The van der Waals surface area contributed by atoms with E-state index >= 15 is 0 Å². The Morgan fingerprint density at radius 1 is 1.10 bits per heavy atom. The standard InChI is InChI=1S/C22H36N4O2Si.ClH/c1-29(2,3)13-12-28-16-26-14-19(17-6-10-27-11-7-17)20-21(24-15-25-22(20)26)18-4-8-23-9-5-18;/h14-15,17-18,23H,4-13,16H2,1-3H3;1H. The van der Waals surface area contributed by atoms with Crippen LogP contribution in [0.2, 0.25) is 25.7 Å². The summed E-state index contributed by atoms with van der Waals surface area (Å²) in [6.07, 6.45) is 8.52. The lowest BCUT2D eigenvalue weighted by Gasteiger charge is -2.25. The van der Waals surface area contributed by atoms with Gasteiger partial charge in [0.05, 0.1) is 5.69 Å². The fourth-order valence-corrected chi connectivity index (χ4v) is 5.30. The van der Waals surface area contributed by atoms with E-state index in [9.17, 15) is 0 Å². The van der Waals surface area contributed by atoms with E-state index < -0.39 is 8.07 Å². The number of nitrogens with zero attached hydrogens (tertiary/aromatic N) is 3. The van der Waals surface area contributed by atoms with E-state index in [0.29, 0.717) is 18.6 Å². The SMILES string of the molecule is C[Si](C)(C)CCOCn1cc(C2CCOCC2)c2c(C3CCNCC3)ncnc21.Cl. The fourth-order valence-electron chi connectivity index (χ4n) is 4.54. The van der Waals surface area contributed by atoms with Crippen molar-refractivity contribution < 1.29 is 9.47 Å². The molecule has 4 heterocycles. The van der Waals surface area contributed by atoms with Crippen molar-refractivity contribution in [2.45, 2.75) is 69.9 Å². The average Bonchev–Trinajstić information content (AvgIpc) is 3.11. The third-order valence-corrected chi connectivity index (χ3v) is 8.03. The third kappa shape index (κ3) is 5.62. The normalized spacial score (nSPS) is 19.2. The molecule has 0 radical (unpaired) electrons. The van der Waals surface area contributed by atoms with Gasteiger partial charge < -0.3 is 19.4 Å². The predicted molar refractivity (Wildman–Crippen MR) is 127 cm³/mol. The second-order valence-electron chi connectivity index (χ2n) is 9.77. The smallest absolute Gasteiger partial charge is 0.145 e. The van der Waals surface area contributed by atoms with E-state index in [0.717, 1.165) is 64.2 Å². The molecule has 2 fully saturated rings. The minimum atomic E-state index is -1.08. The molecule has 0 aliphatic carbocycles. The molecule has 0 amide bonds. The summed E-state index contributed by atoms with van der Waals surface area (Å²) >= 11 is 0. The molecule has 2 aromatic heterocycles. The Morgan fingerprint density at radius 3 is 2.53 bits per heavy atom. The number of aromatic nitrogens is 3. The zero-order valence-electron chi connectivity index (χ0n) is 18.7. The van der Waals surface area contributed by atoms with Gasteiger partial charge in [0, 0.05) is 45.4 Å². The van der Waals surface area contributed by atoms with E-state index in [4.69, 9.17) is 19.4 Å². The van der Waals surface area contributed by atoms with Crippen LogP contribution in [0.1, 0.15) is 48.8 Å². The van der Waals surface area contributed by atoms with Gasteiger partial charge in [0.2, 0.25) is 0 Å². The van der Waals surface area contributed by atoms with Gasteiger partial charge in [-0.2, -0.15) is 0 Å². The van der Waals surface area contributed by atoms with E-state index in [2.05, 4.69) is 35.7 Å². The van der Waals surface area contributed by atoms with Gasteiger partial charge in [-0.05, 0) is 56.3 Å². The summed E-state index contributed by atoms with van der Waals surface area (Å²) in [6, 6.07) is 1.19. The van der Waals surface area contributed by atoms with Crippen LogP contribution in [0.15, 0.2) is 12.5 Å². The summed E-state index contributed by atoms with van der Waals surface area (Å²) in [5, 5.41) is 4.77. The topological polar surface area (TPSA) is 61.2 Å². The molecule has 0 spiro atoms. The van der Waals surface area contributed by atoms with Crippen molar-refractivity contribution in [3.8, 4) is 0 Å². The molecule has 30 heavy (non-hydrogen) atoms. The fraction of sp³-hybridized carbons (Fsp3) is 0.727. The van der Waals surface area contributed by atoms with Gasteiger partial charge >= 0.3 is 0 Å². The largest absolute Gasteiger partial charge is 0.381 e. The highest BCUT2D eigenvalue weighted by Crippen LogP contribution is 2.38. The minimum Gasteiger partial charge on any atom is -0.381 e. The third-order valence-electron chi connectivity index (χ3n) is 6.33. The quantitative estimate of drug-likeness (QED) is 0.494. The monoisotopic (exact) mass is 452 g/mol. The first-order valence-electron chi connectivity index (χ1n) is 11.2. The lowest BCUT2D eigenvalue weighted by molar-refractivity contribution is 0.0840. The second-order valence-corrected chi connectivity index (χ2v) is 15.4. The van der Waals surface area contributed by atoms with Gasteiger partial charge in [-0.1, -0.05) is 19.6 Å². The number of halogens is 1. The molecular formula is C22H37ClN4O2Si. The van der Waals surface area contributed by atoms with Gasteiger partial charge in [0.25, 0.3) is 0 Å². The molecule has 0 bridgehead atoms. The van der Waals surface area contributed by atoms with Crippen molar-refractivity contribution in [2.24, 2.45) is 0 Å². The Hall–Kier alpha value is -0.993. The highest BCUT2D eigenvalue weighted by atomic mass is 35.5. The molecule has 2 saturated heterocycles. The molecule has 1 N–H and O–H groups in total. The van der Waals surface area contributed by atoms with Crippen LogP contribution in [-0.2, 0) is 16.2 Å². The number of hydrogen-bond acceptors (Lipinski definition) is 5. The molecule has 2 aliphatic heterocycles. The van der Waals surface area contributed by atoms with E-state index in [1.165, 1.54) is 22.7 Å². The minimum absolute atomic E-state index is 0. The second kappa shape index (κ2) is 10.5. The Morgan fingerprint density at radius 2 is 1.83 bits per heavy atom. The first-order valence-corrected chi connectivity index (χ1v) is 14.9. The van der Waals surface area contributed by atoms with Crippen molar-refractivity contribution in [3.05, 3.63) is 23.8 Å². The summed E-state index contributed by atoms with van der Waals surface area (Å²) < 4.78 is 13.9. The lowest BCUT2D eigenvalue weighted by atomic mass is 9.87. The van der Waals surface area contributed by atoms with Crippen LogP contribution < -0.4 is 5.32 Å². The number of nitrogens with one attached hydrogen (secondary N) is 1. The van der Waals surface area contributed by atoms with Gasteiger partial charge in [0.15, 0.2) is 0 Å². The molecule has 2 aliphatic rings. The average molecular weight is 453 g/mol. The zero-order chi connectivity index (χ0) is 20.3. The van der Waals surface area contributed by atoms with Crippen LogP contribution in [0.25, 0.3) is 11.0 Å². The number of rotatable bonds is 7. The van der Waals surface area contributed by atoms with Crippen LogP contribution in [0.5, 0.6) is 0 Å². The summed E-state index contributed by atoms with van der Waals surface area (Å²) in [4.78, 5) is 9.52. The molecule has 4 rings (SSSR count). The van der Waals surface area contributed by atoms with E-state index in [1.54, 1.807) is 6.33 Å². The van der Waals surface area contributed by atoms with Gasteiger partial charge in [-0.15, -0.1) is 12.4 Å². The number of hydrogen-bond donors (Lipinski definition) is 1. The molecule has 0 aromatic carbocycles. The van der Waals surface area contributed by atoms with E-state index in [1.807, 2.05) is 0 Å². The number of ether oxygens (including phenoxy) is 2. The Kier molecular flexibility index (Phi) is 8.32. The zero-order valence-corrected chi connectivity index (χ0v) is 20.5. The van der Waals surface area contributed by atoms with Crippen LogP contribution in [0.3, 0.4) is 0 Å². The van der Waals surface area contributed by atoms with Crippen LogP contribution in [0.4, 0.5) is 0 Å². The van der Waals surface area contributed by atoms with Crippen LogP contribution >= 0.6 is 12.4 Å². The molecular weight excluding hydrogens is 416 g/mol. The summed E-state index contributed by atoms with van der Waals surface area (Å²) in [6.45, 7) is 12.4. The molecule has 2 aromatic rings. The molecule has 6 nitrogen and oxygen atoms in total. The summed E-state index contributed by atoms with van der Waals surface area (Å²) in [5.41, 5.74) is 3.70. The predicted octanol–water partition coefficient (Wildman–Crippen LogP) is 4.53. The molecule has 8 heteroatoms. The highest BCUT2D eigenvalue weighted by molar-refractivity contribution is 6.76. The number of piperidine rings is 1. The van der Waals surface area contributed by atoms with Crippen molar-refractivity contribution in [2.75, 3.05) is 32.9 Å². The highest BCUT2D eigenvalue weighted by Gasteiger charge is 2.27. The van der Waals surface area contributed by atoms with Crippen molar-refractivity contribution in [1.82, 2.24) is 19.9 Å². The lowest BCUT2D eigenvalue weighted by Crippen LogP contribution is -2.27. The summed E-state index contributed by atoms with van der Waals surface area (Å²) in [5.74, 6) is 1.05. The first kappa shape index (κ1) is 23.7. The van der Waals surface area contributed by atoms with Crippen molar-refractivity contribution in [3.63, 3.8) is 0 Å². The van der Waals surface area contributed by atoms with Crippen molar-refractivity contribution >= 4 is 31.5 Å².